The molecule has 80 valence electrons. The van der Waals surface area contributed by atoms with Crippen molar-refractivity contribution in [2.45, 2.75) is 40.5 Å². The third-order valence-electron chi connectivity index (χ3n) is 2.95. The quantitative estimate of drug-likeness (QED) is 0.501. The fourth-order valence-corrected chi connectivity index (χ4v) is 2.21. The third-order valence-corrected chi connectivity index (χ3v) is 2.95. The predicted molar refractivity (Wildman–Crippen MR) is 56.9 cm³/mol. The fraction of sp³-hybridized carbons (Fsp3) is 0.750. The number of hydrogen-bond acceptors (Lipinski definition) is 2. The highest BCUT2D eigenvalue weighted by Gasteiger charge is 2.37. The Balaban J connectivity index is 2.74. The Morgan fingerprint density at radius 2 is 2.29 bits per heavy atom. The van der Waals surface area contributed by atoms with Crippen LogP contribution < -0.4 is 0 Å². The van der Waals surface area contributed by atoms with Crippen molar-refractivity contribution < 1.29 is 9.53 Å². The summed E-state index contributed by atoms with van der Waals surface area (Å²) in [4.78, 5) is 11.7. The lowest BCUT2D eigenvalue weighted by molar-refractivity contribution is -0.152. The molecule has 1 aliphatic rings. The first-order chi connectivity index (χ1) is 6.47. The standard InChI is InChI=1S/C12H20O2/c1-5-14-11(13)10-7-6-9(2)8-12(10,3)4/h6,10H,5,7-8H2,1-4H3. The Labute approximate surface area is 86.3 Å². The van der Waals surface area contributed by atoms with E-state index in [4.69, 9.17) is 4.74 Å². The highest BCUT2D eigenvalue weighted by molar-refractivity contribution is 5.74. The van der Waals surface area contributed by atoms with Crippen molar-refractivity contribution in [3.8, 4) is 0 Å². The molecule has 1 atom stereocenters. The third kappa shape index (κ3) is 2.37. The van der Waals surface area contributed by atoms with Crippen molar-refractivity contribution in [1.29, 1.82) is 0 Å². The zero-order valence-corrected chi connectivity index (χ0v) is 9.59. The van der Waals surface area contributed by atoms with Gasteiger partial charge in [0.05, 0.1) is 12.5 Å². The molecule has 0 aliphatic heterocycles. The molecule has 0 aromatic rings. The Kier molecular flexibility index (Phi) is 3.35. The Morgan fingerprint density at radius 1 is 1.64 bits per heavy atom. The van der Waals surface area contributed by atoms with Crippen LogP contribution in [0.2, 0.25) is 0 Å². The van der Waals surface area contributed by atoms with Crippen LogP contribution in [0.1, 0.15) is 40.5 Å². The first-order valence-electron chi connectivity index (χ1n) is 5.29. The molecular formula is C12H20O2. The minimum Gasteiger partial charge on any atom is -0.466 e. The summed E-state index contributed by atoms with van der Waals surface area (Å²) < 4.78 is 5.08. The van der Waals surface area contributed by atoms with E-state index in [-0.39, 0.29) is 17.3 Å². The maximum Gasteiger partial charge on any atom is 0.309 e. The van der Waals surface area contributed by atoms with E-state index in [1.165, 1.54) is 5.57 Å². The summed E-state index contributed by atoms with van der Waals surface area (Å²) in [5, 5.41) is 0. The van der Waals surface area contributed by atoms with Gasteiger partial charge < -0.3 is 4.74 Å². The van der Waals surface area contributed by atoms with Gasteiger partial charge in [0.15, 0.2) is 0 Å². The topological polar surface area (TPSA) is 26.3 Å². The average Bonchev–Trinajstić information content (AvgIpc) is 2.01. The monoisotopic (exact) mass is 196 g/mol. The van der Waals surface area contributed by atoms with Crippen LogP contribution in [0.5, 0.6) is 0 Å². The van der Waals surface area contributed by atoms with Gasteiger partial charge in [0, 0.05) is 0 Å². The van der Waals surface area contributed by atoms with Crippen LogP contribution in [-0.4, -0.2) is 12.6 Å². The van der Waals surface area contributed by atoms with Gasteiger partial charge in [0.1, 0.15) is 0 Å². The molecule has 0 aromatic heterocycles. The van der Waals surface area contributed by atoms with E-state index in [0.29, 0.717) is 6.61 Å². The van der Waals surface area contributed by atoms with Gasteiger partial charge in [-0.3, -0.25) is 4.79 Å². The second-order valence-electron chi connectivity index (χ2n) is 4.76. The van der Waals surface area contributed by atoms with E-state index in [9.17, 15) is 4.79 Å². The molecule has 1 rings (SSSR count). The molecule has 1 unspecified atom stereocenters. The van der Waals surface area contributed by atoms with Crippen molar-refractivity contribution >= 4 is 5.97 Å². The summed E-state index contributed by atoms with van der Waals surface area (Å²) in [7, 11) is 0. The Hall–Kier alpha value is -0.790. The van der Waals surface area contributed by atoms with Crippen molar-refractivity contribution in [3.63, 3.8) is 0 Å². The predicted octanol–water partition coefficient (Wildman–Crippen LogP) is 2.93. The number of rotatable bonds is 2. The summed E-state index contributed by atoms with van der Waals surface area (Å²) >= 11 is 0. The van der Waals surface area contributed by atoms with E-state index >= 15 is 0 Å². The molecular weight excluding hydrogens is 176 g/mol. The zero-order chi connectivity index (χ0) is 10.8. The van der Waals surface area contributed by atoms with Gasteiger partial charge in [0.25, 0.3) is 0 Å². The smallest absolute Gasteiger partial charge is 0.309 e. The molecule has 0 heterocycles. The molecule has 14 heavy (non-hydrogen) atoms. The molecule has 0 amide bonds. The largest absolute Gasteiger partial charge is 0.466 e. The Morgan fingerprint density at radius 3 is 2.79 bits per heavy atom. The van der Waals surface area contributed by atoms with E-state index in [1.807, 2.05) is 6.92 Å². The van der Waals surface area contributed by atoms with Crippen LogP contribution in [0.15, 0.2) is 11.6 Å². The lowest BCUT2D eigenvalue weighted by Crippen LogP contribution is -2.34. The average molecular weight is 196 g/mol. The SMILES string of the molecule is CCOC(=O)C1CC=C(C)CC1(C)C. The van der Waals surface area contributed by atoms with E-state index in [0.717, 1.165) is 12.8 Å². The molecule has 2 nitrogen and oxygen atoms in total. The highest BCUT2D eigenvalue weighted by atomic mass is 16.5. The van der Waals surface area contributed by atoms with Gasteiger partial charge in [-0.25, -0.2) is 0 Å². The van der Waals surface area contributed by atoms with Crippen molar-refractivity contribution in [2.24, 2.45) is 11.3 Å². The van der Waals surface area contributed by atoms with Gasteiger partial charge in [-0.15, -0.1) is 0 Å². The minimum atomic E-state index is -0.0405. The molecule has 0 fully saturated rings. The molecule has 1 aliphatic carbocycles. The lowest BCUT2D eigenvalue weighted by Gasteiger charge is -2.35. The van der Waals surface area contributed by atoms with Crippen LogP contribution in [0.25, 0.3) is 0 Å². The molecule has 2 heteroatoms. The molecule has 0 spiro atoms. The summed E-state index contributed by atoms with van der Waals surface area (Å²) in [6.45, 7) is 8.75. The minimum absolute atomic E-state index is 0.0335. The van der Waals surface area contributed by atoms with Gasteiger partial charge in [0.2, 0.25) is 0 Å². The highest BCUT2D eigenvalue weighted by Crippen LogP contribution is 2.40. The molecule has 0 aromatic carbocycles. The molecule has 0 saturated heterocycles. The van der Waals surface area contributed by atoms with Crippen LogP contribution in [0, 0.1) is 11.3 Å². The number of carbonyl (C=O) groups excluding carboxylic acids is 1. The number of carbonyl (C=O) groups is 1. The van der Waals surface area contributed by atoms with E-state index in [2.05, 4.69) is 26.8 Å². The normalized spacial score (nSPS) is 25.4. The first kappa shape index (κ1) is 11.3. The van der Waals surface area contributed by atoms with Crippen LogP contribution in [0.3, 0.4) is 0 Å². The summed E-state index contributed by atoms with van der Waals surface area (Å²) in [6.07, 6.45) is 3.99. The number of ether oxygens (including phenoxy) is 1. The van der Waals surface area contributed by atoms with Gasteiger partial charge in [-0.05, 0) is 32.1 Å². The molecule has 0 bridgehead atoms. The van der Waals surface area contributed by atoms with Crippen LogP contribution in [0.4, 0.5) is 0 Å². The fourth-order valence-electron chi connectivity index (χ4n) is 2.21. The van der Waals surface area contributed by atoms with Crippen LogP contribution in [-0.2, 0) is 9.53 Å². The molecule has 0 saturated carbocycles. The van der Waals surface area contributed by atoms with Crippen molar-refractivity contribution in [2.75, 3.05) is 6.61 Å². The van der Waals surface area contributed by atoms with Crippen molar-refractivity contribution in [3.05, 3.63) is 11.6 Å². The zero-order valence-electron chi connectivity index (χ0n) is 9.59. The van der Waals surface area contributed by atoms with E-state index in [1.54, 1.807) is 0 Å². The Bertz CT molecular complexity index is 251. The second kappa shape index (κ2) is 4.16. The second-order valence-corrected chi connectivity index (χ2v) is 4.76. The van der Waals surface area contributed by atoms with E-state index < -0.39 is 0 Å². The van der Waals surface area contributed by atoms with Gasteiger partial charge in [-0.2, -0.15) is 0 Å². The van der Waals surface area contributed by atoms with Gasteiger partial charge >= 0.3 is 5.97 Å². The number of allylic oxidation sites excluding steroid dienone is 2. The van der Waals surface area contributed by atoms with Gasteiger partial charge in [-0.1, -0.05) is 25.5 Å². The number of hydrogen-bond donors (Lipinski definition) is 0. The van der Waals surface area contributed by atoms with Crippen molar-refractivity contribution in [1.82, 2.24) is 0 Å². The summed E-state index contributed by atoms with van der Waals surface area (Å²) in [5.74, 6) is -0.00704. The first-order valence-corrected chi connectivity index (χ1v) is 5.29. The molecule has 0 N–H and O–H groups in total. The maximum atomic E-state index is 11.7. The number of esters is 1. The summed E-state index contributed by atoms with van der Waals surface area (Å²) in [5.41, 5.74) is 1.43. The van der Waals surface area contributed by atoms with Crippen LogP contribution >= 0.6 is 0 Å². The summed E-state index contributed by atoms with van der Waals surface area (Å²) in [6, 6.07) is 0. The molecule has 0 radical (unpaired) electrons. The maximum absolute atomic E-state index is 11.7. The lowest BCUT2D eigenvalue weighted by atomic mass is 9.69.